The summed E-state index contributed by atoms with van der Waals surface area (Å²) in [5.74, 6) is -1.20. The molecule has 0 aromatic heterocycles. The van der Waals surface area contributed by atoms with Crippen molar-refractivity contribution < 1.29 is 28.6 Å². The van der Waals surface area contributed by atoms with Crippen LogP contribution in [0.5, 0.6) is 0 Å². The summed E-state index contributed by atoms with van der Waals surface area (Å²) < 4.78 is 22.9. The van der Waals surface area contributed by atoms with Crippen LogP contribution in [0.2, 0.25) is 0 Å². The molecule has 1 aromatic carbocycles. The summed E-state index contributed by atoms with van der Waals surface area (Å²) in [5.41, 5.74) is -0.146. The molecule has 23 heavy (non-hydrogen) atoms. The molecule has 0 fully saturated rings. The first kappa shape index (κ1) is 18.9. The van der Waals surface area contributed by atoms with Gasteiger partial charge in [0.15, 0.2) is 6.04 Å². The Morgan fingerprint density at radius 1 is 1.26 bits per heavy atom. The maximum Gasteiger partial charge on any atom is 0.408 e. The number of carbonyl (C=O) groups excluding carboxylic acids is 2. The number of aliphatic hydroxyl groups is 1. The first-order valence-corrected chi connectivity index (χ1v) is 7.17. The summed E-state index contributed by atoms with van der Waals surface area (Å²) in [4.78, 5) is 23.7. The molecule has 7 heteroatoms. The number of ether oxygens (including phenoxy) is 2. The Balaban J connectivity index is 2.60. The number of hydrogen-bond donors (Lipinski definition) is 2. The minimum atomic E-state index is -1.26. The Hall–Kier alpha value is -2.15. The molecule has 0 spiro atoms. The van der Waals surface area contributed by atoms with Gasteiger partial charge in [-0.2, -0.15) is 0 Å². The number of aliphatic hydroxyl groups excluding tert-OH is 1. The molecule has 0 bridgehead atoms. The quantitative estimate of drug-likeness (QED) is 0.810. The highest BCUT2D eigenvalue weighted by Crippen LogP contribution is 2.09. The predicted octanol–water partition coefficient (Wildman–Crippen LogP) is 2.14. The fourth-order valence-corrected chi connectivity index (χ4v) is 1.64. The van der Waals surface area contributed by atoms with Crippen molar-refractivity contribution in [1.29, 1.82) is 0 Å². The fourth-order valence-electron chi connectivity index (χ4n) is 1.64. The fraction of sp³-hybridized carbons (Fsp3) is 0.500. The summed E-state index contributed by atoms with van der Waals surface area (Å²) >= 11 is 0. The maximum absolute atomic E-state index is 12.8. The van der Waals surface area contributed by atoms with Gasteiger partial charge in [-0.3, -0.25) is 0 Å². The third-order valence-corrected chi connectivity index (χ3v) is 2.70. The lowest BCUT2D eigenvalue weighted by Gasteiger charge is -2.24. The number of amides is 1. The lowest BCUT2D eigenvalue weighted by molar-refractivity contribution is -0.150. The Morgan fingerprint density at radius 3 is 2.30 bits per heavy atom. The number of hydrogen-bond acceptors (Lipinski definition) is 5. The van der Waals surface area contributed by atoms with Gasteiger partial charge in [-0.1, -0.05) is 12.1 Å². The average Bonchev–Trinajstić information content (AvgIpc) is 2.41. The van der Waals surface area contributed by atoms with Gasteiger partial charge in [0.25, 0.3) is 0 Å². The second-order valence-electron chi connectivity index (χ2n) is 6.10. The van der Waals surface area contributed by atoms with Gasteiger partial charge in [0.1, 0.15) is 18.0 Å². The largest absolute Gasteiger partial charge is 0.459 e. The van der Waals surface area contributed by atoms with E-state index in [1.165, 1.54) is 31.2 Å². The summed E-state index contributed by atoms with van der Waals surface area (Å²) in [6.45, 7) is 6.28. The molecule has 0 radical (unpaired) electrons. The van der Waals surface area contributed by atoms with E-state index in [1.54, 1.807) is 20.8 Å². The van der Waals surface area contributed by atoms with E-state index < -0.39 is 35.6 Å². The van der Waals surface area contributed by atoms with Gasteiger partial charge in [0, 0.05) is 0 Å². The van der Waals surface area contributed by atoms with Crippen LogP contribution in [0.1, 0.15) is 33.3 Å². The van der Waals surface area contributed by atoms with Gasteiger partial charge in [0.2, 0.25) is 0 Å². The number of alkyl carbamates (subject to hydrolysis) is 1. The molecule has 0 aliphatic heterocycles. The van der Waals surface area contributed by atoms with E-state index in [4.69, 9.17) is 9.47 Å². The zero-order chi connectivity index (χ0) is 17.6. The van der Waals surface area contributed by atoms with Gasteiger partial charge >= 0.3 is 12.1 Å². The van der Waals surface area contributed by atoms with Crippen molar-refractivity contribution in [3.8, 4) is 0 Å². The number of rotatable bonds is 5. The van der Waals surface area contributed by atoms with Crippen LogP contribution in [0, 0.1) is 5.82 Å². The van der Waals surface area contributed by atoms with Crippen molar-refractivity contribution >= 4 is 12.1 Å². The number of halogens is 1. The first-order valence-electron chi connectivity index (χ1n) is 7.17. The highest BCUT2D eigenvalue weighted by molar-refractivity contribution is 5.82. The monoisotopic (exact) mass is 327 g/mol. The van der Waals surface area contributed by atoms with Crippen LogP contribution in [0.3, 0.4) is 0 Å². The van der Waals surface area contributed by atoms with E-state index in [1.807, 2.05) is 0 Å². The molecule has 0 heterocycles. The van der Waals surface area contributed by atoms with Gasteiger partial charge in [-0.25, -0.2) is 14.0 Å². The van der Waals surface area contributed by atoms with E-state index in [9.17, 15) is 19.1 Å². The second kappa shape index (κ2) is 7.92. The normalized spacial score (nSPS) is 13.8. The molecule has 1 rings (SSSR count). The summed E-state index contributed by atoms with van der Waals surface area (Å²) in [7, 11) is 0. The highest BCUT2D eigenvalue weighted by Gasteiger charge is 2.29. The Morgan fingerprint density at radius 2 is 1.83 bits per heavy atom. The van der Waals surface area contributed by atoms with Crippen molar-refractivity contribution in [1.82, 2.24) is 5.32 Å². The molecule has 6 nitrogen and oxygen atoms in total. The average molecular weight is 327 g/mol. The van der Waals surface area contributed by atoms with Crippen LogP contribution in [-0.4, -0.2) is 34.9 Å². The number of nitrogens with one attached hydrogen (secondary N) is 1. The molecule has 0 aliphatic rings. The van der Waals surface area contributed by atoms with E-state index in [0.717, 1.165) is 0 Å². The van der Waals surface area contributed by atoms with E-state index >= 15 is 0 Å². The van der Waals surface area contributed by atoms with Gasteiger partial charge in [-0.15, -0.1) is 0 Å². The molecule has 0 saturated heterocycles. The third-order valence-electron chi connectivity index (χ3n) is 2.70. The number of carbonyl (C=O) groups is 2. The van der Waals surface area contributed by atoms with Crippen LogP contribution in [-0.2, 0) is 20.9 Å². The van der Waals surface area contributed by atoms with Crippen molar-refractivity contribution in [2.24, 2.45) is 0 Å². The molecular formula is C16H22FNO5. The lowest BCUT2D eigenvalue weighted by atomic mass is 10.2. The van der Waals surface area contributed by atoms with Crippen LogP contribution < -0.4 is 5.32 Å². The zero-order valence-corrected chi connectivity index (χ0v) is 13.6. The molecular weight excluding hydrogens is 305 g/mol. The molecule has 2 atom stereocenters. The topological polar surface area (TPSA) is 84.9 Å². The van der Waals surface area contributed by atoms with Gasteiger partial charge in [-0.05, 0) is 45.4 Å². The van der Waals surface area contributed by atoms with E-state index in [2.05, 4.69) is 5.32 Å². The molecule has 0 saturated carbocycles. The molecule has 1 amide bonds. The predicted molar refractivity (Wildman–Crippen MR) is 81.0 cm³/mol. The minimum absolute atomic E-state index is 0.0989. The van der Waals surface area contributed by atoms with Crippen molar-refractivity contribution in [3.63, 3.8) is 0 Å². The second-order valence-corrected chi connectivity index (χ2v) is 6.10. The smallest absolute Gasteiger partial charge is 0.408 e. The van der Waals surface area contributed by atoms with Crippen molar-refractivity contribution in [3.05, 3.63) is 35.6 Å². The summed E-state index contributed by atoms with van der Waals surface area (Å²) in [6, 6.07) is 4.18. The van der Waals surface area contributed by atoms with Crippen molar-refractivity contribution in [2.75, 3.05) is 0 Å². The molecule has 128 valence electrons. The Labute approximate surface area is 134 Å². The minimum Gasteiger partial charge on any atom is -0.459 e. The zero-order valence-electron chi connectivity index (χ0n) is 13.6. The molecule has 2 N–H and O–H groups in total. The Kier molecular flexibility index (Phi) is 6.50. The standard InChI is InChI=1S/C16H22FNO5/c1-10(19)13(18-15(21)23-16(2,3)4)14(20)22-9-11-5-7-12(17)8-6-11/h5-8,10,13,19H,9H2,1-4H3,(H,18,21)/t10-,13-/m0/s1. The first-order chi connectivity index (χ1) is 10.6. The van der Waals surface area contributed by atoms with Crippen LogP contribution in [0.25, 0.3) is 0 Å². The lowest BCUT2D eigenvalue weighted by Crippen LogP contribution is -2.49. The summed E-state index contributed by atoms with van der Waals surface area (Å²) in [6.07, 6.45) is -2.00. The maximum atomic E-state index is 12.8. The Bertz CT molecular complexity index is 536. The highest BCUT2D eigenvalue weighted by atomic mass is 19.1. The van der Waals surface area contributed by atoms with E-state index in [-0.39, 0.29) is 6.61 Å². The molecule has 1 aromatic rings. The van der Waals surface area contributed by atoms with Gasteiger partial charge in [0.05, 0.1) is 6.10 Å². The molecule has 0 aliphatic carbocycles. The number of benzene rings is 1. The van der Waals surface area contributed by atoms with E-state index in [0.29, 0.717) is 5.56 Å². The number of esters is 1. The SMILES string of the molecule is C[C@H](O)[C@H](NC(=O)OC(C)(C)C)C(=O)OCc1ccc(F)cc1. The third kappa shape index (κ3) is 7.10. The molecule has 0 unspecified atom stereocenters. The van der Waals surface area contributed by atoms with Gasteiger partial charge < -0.3 is 19.9 Å². The van der Waals surface area contributed by atoms with Crippen LogP contribution in [0.4, 0.5) is 9.18 Å². The van der Waals surface area contributed by atoms with Crippen LogP contribution in [0.15, 0.2) is 24.3 Å². The van der Waals surface area contributed by atoms with Crippen LogP contribution >= 0.6 is 0 Å². The van der Waals surface area contributed by atoms with Crippen molar-refractivity contribution in [2.45, 2.75) is 52.0 Å². The summed E-state index contributed by atoms with van der Waals surface area (Å²) in [5, 5.41) is 11.9.